The van der Waals surface area contributed by atoms with Gasteiger partial charge in [-0.1, -0.05) is 0 Å². The zero-order valence-corrected chi connectivity index (χ0v) is 7.60. The van der Waals surface area contributed by atoms with Gasteiger partial charge >= 0.3 is 17.8 Å². The van der Waals surface area contributed by atoms with Crippen LogP contribution in [0.5, 0.6) is 0 Å². The molecule has 1 atom stereocenters. The topological polar surface area (TPSA) is 83.9 Å². The van der Waals surface area contributed by atoms with E-state index in [4.69, 9.17) is 5.11 Å². The lowest BCUT2D eigenvalue weighted by atomic mass is 10.3. The maximum Gasteiger partial charge on any atom is 0.396 e. The molecule has 0 aliphatic heterocycles. The molecule has 1 N–H and O–H groups in total. The van der Waals surface area contributed by atoms with Gasteiger partial charge in [0.15, 0.2) is 0 Å². The number of ether oxygens (including phenoxy) is 1. The number of carboxylic acids is 1. The van der Waals surface area contributed by atoms with Gasteiger partial charge < -0.3 is 14.7 Å². The van der Waals surface area contributed by atoms with Crippen molar-refractivity contribution in [2.45, 2.75) is 13.0 Å². The number of amides is 1. The number of hydrogen-bond donors (Lipinski definition) is 1. The van der Waals surface area contributed by atoms with E-state index in [1.54, 1.807) is 0 Å². The zero-order chi connectivity index (χ0) is 10.6. The first-order chi connectivity index (χ1) is 5.91. The van der Waals surface area contributed by atoms with Gasteiger partial charge in [-0.25, -0.2) is 9.59 Å². The lowest BCUT2D eigenvalue weighted by Crippen LogP contribution is -2.43. The summed E-state index contributed by atoms with van der Waals surface area (Å²) in [7, 11) is 2.28. The van der Waals surface area contributed by atoms with Gasteiger partial charge in [0.05, 0.1) is 7.11 Å². The fourth-order valence-corrected chi connectivity index (χ4v) is 0.573. The molecule has 0 rings (SSSR count). The summed E-state index contributed by atoms with van der Waals surface area (Å²) in [4.78, 5) is 32.9. The third-order valence-electron chi connectivity index (χ3n) is 1.62. The average Bonchev–Trinajstić information content (AvgIpc) is 2.12. The number of likely N-dealkylation sites (N-methyl/N-ethyl adjacent to an activating group) is 1. The molecule has 0 spiro atoms. The van der Waals surface area contributed by atoms with E-state index in [1.165, 1.54) is 14.0 Å². The summed E-state index contributed by atoms with van der Waals surface area (Å²) < 4.78 is 4.14. The number of carboxylic acid groups (broad SMARTS) is 1. The first-order valence-electron chi connectivity index (χ1n) is 3.49. The van der Waals surface area contributed by atoms with Crippen molar-refractivity contribution in [3.05, 3.63) is 0 Å². The Morgan fingerprint density at radius 2 is 1.85 bits per heavy atom. The Kier molecular flexibility index (Phi) is 3.90. The fraction of sp³-hybridized carbons (Fsp3) is 0.571. The number of carbonyl (C=O) groups excluding carboxylic acids is 2. The number of carbonyl (C=O) groups is 3. The Hall–Kier alpha value is -1.59. The van der Waals surface area contributed by atoms with E-state index < -0.39 is 23.9 Å². The lowest BCUT2D eigenvalue weighted by Gasteiger charge is -2.19. The number of esters is 1. The molecule has 0 aliphatic rings. The maximum atomic E-state index is 11.0. The van der Waals surface area contributed by atoms with Crippen molar-refractivity contribution in [1.29, 1.82) is 0 Å². The largest absolute Gasteiger partial charge is 0.480 e. The van der Waals surface area contributed by atoms with Crippen molar-refractivity contribution in [2.24, 2.45) is 0 Å². The Bertz CT molecular complexity index is 237. The molecule has 0 fully saturated rings. The quantitative estimate of drug-likeness (QED) is 0.449. The second kappa shape index (κ2) is 4.44. The van der Waals surface area contributed by atoms with Crippen LogP contribution in [0, 0.1) is 0 Å². The normalized spacial score (nSPS) is 11.6. The minimum absolute atomic E-state index is 0.800. The number of nitrogens with zero attached hydrogens (tertiary/aromatic N) is 1. The van der Waals surface area contributed by atoms with Crippen molar-refractivity contribution < 1.29 is 24.2 Å². The molecule has 13 heavy (non-hydrogen) atoms. The second-order valence-corrected chi connectivity index (χ2v) is 2.42. The summed E-state index contributed by atoms with van der Waals surface area (Å²) in [6, 6.07) is -1.05. The van der Waals surface area contributed by atoms with E-state index in [0.717, 1.165) is 12.0 Å². The van der Waals surface area contributed by atoms with Gasteiger partial charge in [0.25, 0.3) is 0 Å². The molecule has 0 aliphatic carbocycles. The van der Waals surface area contributed by atoms with E-state index in [0.29, 0.717) is 0 Å². The van der Waals surface area contributed by atoms with Crippen LogP contribution in [-0.2, 0) is 19.1 Å². The van der Waals surface area contributed by atoms with E-state index in [1.807, 2.05) is 0 Å². The first-order valence-corrected chi connectivity index (χ1v) is 3.49. The number of rotatable bonds is 2. The molecule has 0 saturated carbocycles. The van der Waals surface area contributed by atoms with Crippen LogP contribution < -0.4 is 0 Å². The highest BCUT2D eigenvalue weighted by molar-refractivity contribution is 6.32. The number of hydrogen-bond acceptors (Lipinski definition) is 4. The Balaban J connectivity index is 4.42. The summed E-state index contributed by atoms with van der Waals surface area (Å²) in [6.45, 7) is 1.29. The van der Waals surface area contributed by atoms with Gasteiger partial charge in [-0.15, -0.1) is 0 Å². The zero-order valence-electron chi connectivity index (χ0n) is 7.60. The smallest absolute Gasteiger partial charge is 0.396 e. The van der Waals surface area contributed by atoms with Gasteiger partial charge in [0.1, 0.15) is 6.04 Å². The molecule has 0 aromatic rings. The fourth-order valence-electron chi connectivity index (χ4n) is 0.573. The van der Waals surface area contributed by atoms with Gasteiger partial charge in [0, 0.05) is 7.05 Å². The molecule has 0 saturated heterocycles. The SMILES string of the molecule is COC(=O)C(=O)N(C)C(C)C(=O)O. The molecular formula is C7H11NO5. The maximum absolute atomic E-state index is 11.0. The van der Waals surface area contributed by atoms with Crippen molar-refractivity contribution in [3.8, 4) is 0 Å². The van der Waals surface area contributed by atoms with Crippen molar-refractivity contribution in [1.82, 2.24) is 4.90 Å². The molecule has 0 aromatic heterocycles. The molecule has 74 valence electrons. The first kappa shape index (κ1) is 11.4. The van der Waals surface area contributed by atoms with Crippen LogP contribution in [0.25, 0.3) is 0 Å². The van der Waals surface area contributed by atoms with Crippen LogP contribution in [0.1, 0.15) is 6.92 Å². The minimum atomic E-state index is -1.18. The van der Waals surface area contributed by atoms with E-state index in [9.17, 15) is 14.4 Å². The average molecular weight is 189 g/mol. The Morgan fingerprint density at radius 1 is 1.38 bits per heavy atom. The predicted molar refractivity (Wildman–Crippen MR) is 41.9 cm³/mol. The molecule has 0 aromatic carbocycles. The van der Waals surface area contributed by atoms with Crippen LogP contribution in [0.4, 0.5) is 0 Å². The summed E-state index contributed by atoms with van der Waals surface area (Å²) >= 11 is 0. The van der Waals surface area contributed by atoms with Crippen LogP contribution >= 0.6 is 0 Å². The Morgan fingerprint density at radius 3 is 2.15 bits per heavy atom. The van der Waals surface area contributed by atoms with Crippen molar-refractivity contribution >= 4 is 17.8 Å². The van der Waals surface area contributed by atoms with Crippen LogP contribution in [0.3, 0.4) is 0 Å². The highest BCUT2D eigenvalue weighted by atomic mass is 16.5. The summed E-state index contributed by atoms with van der Waals surface area (Å²) in [5.41, 5.74) is 0. The van der Waals surface area contributed by atoms with E-state index in [2.05, 4.69) is 4.74 Å². The standard InChI is InChI=1S/C7H11NO5/c1-4(6(10)11)8(2)5(9)7(12)13-3/h4H,1-3H3,(H,10,11). The monoisotopic (exact) mass is 189 g/mol. The summed E-state index contributed by atoms with van der Waals surface area (Å²) in [6.07, 6.45) is 0. The summed E-state index contributed by atoms with van der Waals surface area (Å²) in [5, 5.41) is 8.51. The molecule has 1 amide bonds. The predicted octanol–water partition coefficient (Wildman–Crippen LogP) is -0.909. The van der Waals surface area contributed by atoms with Crippen LogP contribution in [0.15, 0.2) is 0 Å². The van der Waals surface area contributed by atoms with Crippen LogP contribution in [0.2, 0.25) is 0 Å². The third kappa shape index (κ3) is 2.73. The van der Waals surface area contributed by atoms with E-state index >= 15 is 0 Å². The highest BCUT2D eigenvalue weighted by Crippen LogP contribution is 1.97. The molecule has 1 unspecified atom stereocenters. The third-order valence-corrected chi connectivity index (χ3v) is 1.62. The lowest BCUT2D eigenvalue weighted by molar-refractivity contribution is -0.161. The van der Waals surface area contributed by atoms with Gasteiger partial charge in [0.2, 0.25) is 0 Å². The molecule has 0 radical (unpaired) electrons. The van der Waals surface area contributed by atoms with Crippen molar-refractivity contribution in [2.75, 3.05) is 14.2 Å². The number of methoxy groups -OCH3 is 1. The molecule has 0 heterocycles. The van der Waals surface area contributed by atoms with Gasteiger partial charge in [-0.2, -0.15) is 0 Å². The molecule has 6 nitrogen and oxygen atoms in total. The molecular weight excluding hydrogens is 178 g/mol. The van der Waals surface area contributed by atoms with Gasteiger partial charge in [-0.3, -0.25) is 4.79 Å². The summed E-state index contributed by atoms with van der Waals surface area (Å²) in [5.74, 6) is -3.23. The number of aliphatic carboxylic acids is 1. The molecule has 6 heteroatoms. The minimum Gasteiger partial charge on any atom is -0.480 e. The second-order valence-electron chi connectivity index (χ2n) is 2.42. The van der Waals surface area contributed by atoms with E-state index in [-0.39, 0.29) is 0 Å². The molecule has 0 bridgehead atoms. The highest BCUT2D eigenvalue weighted by Gasteiger charge is 2.27. The Labute approximate surface area is 75.1 Å². The van der Waals surface area contributed by atoms with Crippen molar-refractivity contribution in [3.63, 3.8) is 0 Å². The van der Waals surface area contributed by atoms with Crippen LogP contribution in [-0.4, -0.2) is 48.1 Å². The van der Waals surface area contributed by atoms with Gasteiger partial charge in [-0.05, 0) is 6.92 Å².